The molecule has 4 atom stereocenters. The molecule has 3 heteroatoms. The van der Waals surface area contributed by atoms with Crippen molar-refractivity contribution in [2.45, 2.75) is 20.3 Å². The Hall–Kier alpha value is -1.90. The molecule has 3 aliphatic rings. The number of imide groups is 1. The molecule has 1 aromatic rings. The molecule has 1 aromatic carbocycles. The van der Waals surface area contributed by atoms with E-state index in [1.807, 2.05) is 32.0 Å². The van der Waals surface area contributed by atoms with Crippen LogP contribution in [0.3, 0.4) is 0 Å². The van der Waals surface area contributed by atoms with Gasteiger partial charge in [0.1, 0.15) is 0 Å². The summed E-state index contributed by atoms with van der Waals surface area (Å²) in [5.41, 5.74) is 2.91. The highest BCUT2D eigenvalue weighted by atomic mass is 16.2. The highest BCUT2D eigenvalue weighted by molar-refractivity contribution is 6.23. The van der Waals surface area contributed by atoms with Gasteiger partial charge >= 0.3 is 0 Å². The van der Waals surface area contributed by atoms with Crippen molar-refractivity contribution in [1.82, 2.24) is 0 Å². The predicted octanol–water partition coefficient (Wildman–Crippen LogP) is 2.61. The number of amides is 2. The summed E-state index contributed by atoms with van der Waals surface area (Å²) in [4.78, 5) is 26.9. The van der Waals surface area contributed by atoms with Gasteiger partial charge in [0.05, 0.1) is 17.5 Å². The quantitative estimate of drug-likeness (QED) is 0.579. The summed E-state index contributed by atoms with van der Waals surface area (Å²) in [5.74, 6) is 0.332. The third-order valence-electron chi connectivity index (χ3n) is 5.29. The summed E-state index contributed by atoms with van der Waals surface area (Å²) < 4.78 is 0. The van der Waals surface area contributed by atoms with Crippen LogP contribution in [0, 0.1) is 37.5 Å². The molecule has 2 bridgehead atoms. The van der Waals surface area contributed by atoms with Crippen molar-refractivity contribution >= 4 is 17.5 Å². The lowest BCUT2D eigenvalue weighted by Crippen LogP contribution is -2.33. The van der Waals surface area contributed by atoms with E-state index in [9.17, 15) is 9.59 Å². The largest absolute Gasteiger partial charge is 0.274 e. The Morgan fingerprint density at radius 1 is 1.00 bits per heavy atom. The van der Waals surface area contributed by atoms with Crippen LogP contribution in [0.4, 0.5) is 5.69 Å². The lowest BCUT2D eigenvalue weighted by Gasteiger charge is -2.20. The molecule has 1 saturated carbocycles. The fourth-order valence-electron chi connectivity index (χ4n) is 4.12. The first kappa shape index (κ1) is 11.9. The molecular formula is C17H17NO2. The van der Waals surface area contributed by atoms with Gasteiger partial charge in [0.25, 0.3) is 0 Å². The fraction of sp³-hybridized carbons (Fsp3) is 0.412. The van der Waals surface area contributed by atoms with Gasteiger partial charge < -0.3 is 0 Å². The first-order valence-electron chi connectivity index (χ1n) is 7.22. The van der Waals surface area contributed by atoms with Crippen LogP contribution in [0.15, 0.2) is 30.4 Å². The van der Waals surface area contributed by atoms with Crippen molar-refractivity contribution in [3.63, 3.8) is 0 Å². The number of hydrogen-bond acceptors (Lipinski definition) is 2. The Bertz CT molecular complexity index is 631. The number of rotatable bonds is 1. The lowest BCUT2D eigenvalue weighted by atomic mass is 9.85. The molecular weight excluding hydrogens is 250 g/mol. The molecule has 4 rings (SSSR count). The summed E-state index contributed by atoms with van der Waals surface area (Å²) in [5, 5.41) is 0. The van der Waals surface area contributed by atoms with Crippen LogP contribution in [0.5, 0.6) is 0 Å². The standard InChI is InChI=1S/C17H17NO2/c1-9-4-3-5-13(10(9)2)18-16(19)14-11-6-7-12(8-11)15(14)17(18)20/h3-7,11-12,14-15H,8H2,1-2H3/t11-,12-,14+,15+/m1/s1. The van der Waals surface area contributed by atoms with Gasteiger partial charge in [-0.1, -0.05) is 24.3 Å². The van der Waals surface area contributed by atoms with E-state index in [2.05, 4.69) is 12.2 Å². The molecule has 0 N–H and O–H groups in total. The van der Waals surface area contributed by atoms with Gasteiger partial charge in [-0.05, 0) is 49.3 Å². The van der Waals surface area contributed by atoms with Gasteiger partial charge in [-0.25, -0.2) is 4.90 Å². The molecule has 3 nitrogen and oxygen atoms in total. The number of carbonyl (C=O) groups is 2. The number of aryl methyl sites for hydroxylation is 1. The number of carbonyl (C=O) groups excluding carboxylic acids is 2. The topological polar surface area (TPSA) is 37.4 Å². The minimum atomic E-state index is -0.114. The Balaban J connectivity index is 1.80. The van der Waals surface area contributed by atoms with Crippen LogP contribution in [-0.4, -0.2) is 11.8 Å². The smallest absolute Gasteiger partial charge is 0.238 e. The van der Waals surface area contributed by atoms with Gasteiger partial charge in [-0.15, -0.1) is 0 Å². The predicted molar refractivity (Wildman–Crippen MR) is 76.1 cm³/mol. The Morgan fingerprint density at radius 2 is 1.60 bits per heavy atom. The van der Waals surface area contributed by atoms with Crippen molar-refractivity contribution in [3.05, 3.63) is 41.5 Å². The molecule has 0 radical (unpaired) electrons. The number of benzene rings is 1. The zero-order valence-corrected chi connectivity index (χ0v) is 11.7. The highest BCUT2D eigenvalue weighted by Gasteiger charge is 2.59. The van der Waals surface area contributed by atoms with E-state index >= 15 is 0 Å². The first-order chi connectivity index (χ1) is 9.59. The Kier molecular flexibility index (Phi) is 2.27. The van der Waals surface area contributed by atoms with Crippen molar-refractivity contribution in [2.75, 3.05) is 4.90 Å². The average molecular weight is 267 g/mol. The van der Waals surface area contributed by atoms with Gasteiger partial charge in [0, 0.05) is 0 Å². The summed E-state index contributed by atoms with van der Waals surface area (Å²) >= 11 is 0. The number of allylic oxidation sites excluding steroid dienone is 2. The number of fused-ring (bicyclic) bond motifs is 5. The SMILES string of the molecule is Cc1cccc(N2C(=O)[C@@H]3[C@@H](C2=O)[C@@H]2C=C[C@@H]3C2)c1C. The van der Waals surface area contributed by atoms with Gasteiger partial charge in [-0.2, -0.15) is 0 Å². The Morgan fingerprint density at radius 3 is 2.20 bits per heavy atom. The van der Waals surface area contributed by atoms with E-state index in [1.54, 1.807) is 0 Å². The maximum Gasteiger partial charge on any atom is 0.238 e. The zero-order chi connectivity index (χ0) is 14.0. The molecule has 102 valence electrons. The van der Waals surface area contributed by atoms with E-state index in [1.165, 1.54) is 4.90 Å². The van der Waals surface area contributed by atoms with Crippen LogP contribution in [0.25, 0.3) is 0 Å². The molecule has 2 amide bonds. The molecule has 2 aliphatic carbocycles. The molecule has 2 fully saturated rings. The summed E-state index contributed by atoms with van der Waals surface area (Å²) in [6.07, 6.45) is 5.24. The second-order valence-corrected chi connectivity index (χ2v) is 6.23. The maximum absolute atomic E-state index is 12.7. The molecule has 0 spiro atoms. The van der Waals surface area contributed by atoms with Crippen molar-refractivity contribution in [1.29, 1.82) is 0 Å². The van der Waals surface area contributed by atoms with Crippen molar-refractivity contribution in [3.8, 4) is 0 Å². The number of hydrogen-bond donors (Lipinski definition) is 0. The Labute approximate surface area is 118 Å². The van der Waals surface area contributed by atoms with Gasteiger partial charge in [-0.3, -0.25) is 9.59 Å². The van der Waals surface area contributed by atoms with Crippen LogP contribution in [0.1, 0.15) is 17.5 Å². The van der Waals surface area contributed by atoms with E-state index in [4.69, 9.17) is 0 Å². The fourth-order valence-corrected chi connectivity index (χ4v) is 4.12. The average Bonchev–Trinajstić information content (AvgIpc) is 3.09. The van der Waals surface area contributed by atoms with Crippen LogP contribution in [-0.2, 0) is 9.59 Å². The number of nitrogens with zero attached hydrogens (tertiary/aromatic N) is 1. The lowest BCUT2D eigenvalue weighted by molar-refractivity contribution is -0.123. The van der Waals surface area contributed by atoms with Crippen molar-refractivity contribution in [2.24, 2.45) is 23.7 Å². The summed E-state index contributed by atoms with van der Waals surface area (Å²) in [7, 11) is 0. The second-order valence-electron chi connectivity index (χ2n) is 6.23. The summed E-state index contributed by atoms with van der Waals surface area (Å²) in [6.45, 7) is 3.99. The van der Waals surface area contributed by atoms with Crippen LogP contribution >= 0.6 is 0 Å². The van der Waals surface area contributed by atoms with E-state index in [0.717, 1.165) is 23.2 Å². The highest BCUT2D eigenvalue weighted by Crippen LogP contribution is 2.53. The minimum Gasteiger partial charge on any atom is -0.274 e. The summed E-state index contributed by atoms with van der Waals surface area (Å²) in [6, 6.07) is 5.81. The third-order valence-corrected chi connectivity index (χ3v) is 5.29. The van der Waals surface area contributed by atoms with Crippen molar-refractivity contribution < 1.29 is 9.59 Å². The van der Waals surface area contributed by atoms with Gasteiger partial charge in [0.2, 0.25) is 11.8 Å². The zero-order valence-electron chi connectivity index (χ0n) is 11.7. The minimum absolute atomic E-state index is 0.00514. The molecule has 0 unspecified atom stereocenters. The normalized spacial score (nSPS) is 34.2. The van der Waals surface area contributed by atoms with E-state index in [-0.39, 0.29) is 35.5 Å². The molecule has 1 heterocycles. The molecule has 1 aliphatic heterocycles. The maximum atomic E-state index is 12.7. The second kappa shape index (κ2) is 3.81. The number of anilines is 1. The first-order valence-corrected chi connectivity index (χ1v) is 7.22. The monoisotopic (exact) mass is 267 g/mol. The molecule has 1 saturated heterocycles. The van der Waals surface area contributed by atoms with E-state index in [0.29, 0.717) is 0 Å². The van der Waals surface area contributed by atoms with Crippen LogP contribution < -0.4 is 4.90 Å². The third kappa shape index (κ3) is 1.30. The van der Waals surface area contributed by atoms with Gasteiger partial charge in [0.15, 0.2) is 0 Å². The van der Waals surface area contributed by atoms with Crippen LogP contribution in [0.2, 0.25) is 0 Å². The van der Waals surface area contributed by atoms with E-state index < -0.39 is 0 Å². The molecule has 0 aromatic heterocycles. The molecule has 20 heavy (non-hydrogen) atoms.